The Morgan fingerprint density at radius 3 is 2.62 bits per heavy atom. The standard InChI is InChI=1S/C28H34N6O5/c1-16-14-33(15-17(2)36-16)26-20-12-23(38-22(20)8-9-29-26)21-13-30-24-6-7-25(32-34(21)24)37-19-10-18(11-19)31-27(35)39-28(3,4)5/h6-9,12-13,16-19H,10-11,14-15H2,1-5H3,(H,31,35)/t16-,17+,18?,19?. The molecule has 1 saturated heterocycles. The number of amides is 1. The number of hydrogen-bond donors (Lipinski definition) is 1. The fraction of sp³-hybridized carbons (Fsp3) is 0.500. The predicted octanol–water partition coefficient (Wildman–Crippen LogP) is 4.59. The normalized spacial score (nSPS) is 23.6. The predicted molar refractivity (Wildman–Crippen MR) is 145 cm³/mol. The molecule has 39 heavy (non-hydrogen) atoms. The molecule has 11 nitrogen and oxygen atoms in total. The van der Waals surface area contributed by atoms with E-state index in [0.29, 0.717) is 30.1 Å². The molecule has 1 amide bonds. The molecule has 0 bridgehead atoms. The molecule has 0 spiro atoms. The summed E-state index contributed by atoms with van der Waals surface area (Å²) in [7, 11) is 0. The van der Waals surface area contributed by atoms with E-state index in [-0.39, 0.29) is 24.4 Å². The molecule has 5 heterocycles. The molecule has 2 fully saturated rings. The third kappa shape index (κ3) is 5.36. The first-order chi connectivity index (χ1) is 18.6. The van der Waals surface area contributed by atoms with Gasteiger partial charge < -0.3 is 28.8 Å². The van der Waals surface area contributed by atoms with Crippen molar-refractivity contribution in [2.45, 2.75) is 77.4 Å². The molecule has 0 unspecified atom stereocenters. The Morgan fingerprint density at radius 2 is 1.87 bits per heavy atom. The average molecular weight is 535 g/mol. The van der Waals surface area contributed by atoms with Crippen molar-refractivity contribution in [3.8, 4) is 17.3 Å². The third-order valence-electron chi connectivity index (χ3n) is 6.84. The number of nitrogens with one attached hydrogen (secondary N) is 1. The minimum Gasteiger partial charge on any atom is -0.473 e. The smallest absolute Gasteiger partial charge is 0.407 e. The number of nitrogens with zero attached hydrogens (tertiary/aromatic N) is 5. The topological polar surface area (TPSA) is 116 Å². The van der Waals surface area contributed by atoms with Crippen LogP contribution < -0.4 is 15.0 Å². The van der Waals surface area contributed by atoms with E-state index in [1.54, 1.807) is 16.9 Å². The monoisotopic (exact) mass is 534 g/mol. The van der Waals surface area contributed by atoms with Crippen LogP contribution in [0.1, 0.15) is 47.5 Å². The average Bonchev–Trinajstić information content (AvgIpc) is 3.44. The highest BCUT2D eigenvalue weighted by atomic mass is 16.6. The van der Waals surface area contributed by atoms with Crippen LogP contribution in [-0.4, -0.2) is 68.7 Å². The van der Waals surface area contributed by atoms with Crippen LogP contribution in [0.3, 0.4) is 0 Å². The summed E-state index contributed by atoms with van der Waals surface area (Å²) in [6.45, 7) is 11.2. The number of hydrogen-bond acceptors (Lipinski definition) is 9. The fourth-order valence-corrected chi connectivity index (χ4v) is 5.19. The number of furan rings is 1. The molecule has 1 aliphatic heterocycles. The number of pyridine rings is 1. The Labute approximate surface area is 226 Å². The summed E-state index contributed by atoms with van der Waals surface area (Å²) in [5, 5.41) is 8.51. The van der Waals surface area contributed by atoms with Crippen LogP contribution in [0.5, 0.6) is 5.88 Å². The second-order valence-corrected chi connectivity index (χ2v) is 11.5. The molecule has 4 aromatic rings. The van der Waals surface area contributed by atoms with E-state index in [1.807, 2.05) is 45.0 Å². The van der Waals surface area contributed by atoms with Gasteiger partial charge in [0.1, 0.15) is 28.8 Å². The Bertz CT molecular complexity index is 1490. The first-order valence-electron chi connectivity index (χ1n) is 13.4. The SMILES string of the molecule is C[C@@H]1CN(c2nccc3oc(-c4cnc5ccc(OC6CC(NC(=O)OC(C)(C)C)C6)nn45)cc23)C[C@H](C)O1. The second kappa shape index (κ2) is 9.71. The van der Waals surface area contributed by atoms with Gasteiger partial charge in [-0.2, -0.15) is 0 Å². The molecule has 6 rings (SSSR count). The Hall–Kier alpha value is -3.86. The lowest BCUT2D eigenvalue weighted by Gasteiger charge is -2.36. The van der Waals surface area contributed by atoms with E-state index in [1.165, 1.54) is 0 Å². The zero-order valence-electron chi connectivity index (χ0n) is 22.9. The number of fused-ring (bicyclic) bond motifs is 2. The largest absolute Gasteiger partial charge is 0.473 e. The second-order valence-electron chi connectivity index (χ2n) is 11.5. The van der Waals surface area contributed by atoms with Crippen molar-refractivity contribution in [3.05, 3.63) is 36.7 Å². The Kier molecular flexibility index (Phi) is 6.33. The van der Waals surface area contributed by atoms with Crippen molar-refractivity contribution in [2.24, 2.45) is 0 Å². The first kappa shape index (κ1) is 25.4. The van der Waals surface area contributed by atoms with E-state index >= 15 is 0 Å². The fourth-order valence-electron chi connectivity index (χ4n) is 5.19. The molecule has 1 saturated carbocycles. The number of morpholine rings is 1. The lowest BCUT2D eigenvalue weighted by molar-refractivity contribution is -0.00537. The number of carbonyl (C=O) groups is 1. The van der Waals surface area contributed by atoms with Crippen molar-refractivity contribution in [2.75, 3.05) is 18.0 Å². The van der Waals surface area contributed by atoms with Crippen LogP contribution in [0, 0.1) is 0 Å². The Balaban J connectivity index is 1.19. The van der Waals surface area contributed by atoms with E-state index in [0.717, 1.165) is 35.6 Å². The van der Waals surface area contributed by atoms with Crippen LogP contribution in [0.4, 0.5) is 10.6 Å². The van der Waals surface area contributed by atoms with Crippen molar-refractivity contribution in [1.82, 2.24) is 24.9 Å². The van der Waals surface area contributed by atoms with Gasteiger partial charge in [0.2, 0.25) is 5.88 Å². The number of imidazole rings is 1. The Morgan fingerprint density at radius 1 is 1.10 bits per heavy atom. The highest BCUT2D eigenvalue weighted by Crippen LogP contribution is 2.34. The molecule has 0 aromatic carbocycles. The number of carbonyl (C=O) groups excluding carboxylic acids is 1. The number of ether oxygens (including phenoxy) is 3. The minimum atomic E-state index is -0.525. The van der Waals surface area contributed by atoms with Gasteiger partial charge in [0.15, 0.2) is 11.4 Å². The minimum absolute atomic E-state index is 0.0215. The van der Waals surface area contributed by atoms with Gasteiger partial charge in [-0.15, -0.1) is 5.10 Å². The molecule has 206 valence electrons. The van der Waals surface area contributed by atoms with Crippen LogP contribution in [-0.2, 0) is 9.47 Å². The number of aromatic nitrogens is 4. The summed E-state index contributed by atoms with van der Waals surface area (Å²) >= 11 is 0. The highest BCUT2D eigenvalue weighted by molar-refractivity contribution is 5.92. The maximum atomic E-state index is 12.0. The summed E-state index contributed by atoms with van der Waals surface area (Å²) in [6, 6.07) is 7.57. The van der Waals surface area contributed by atoms with Gasteiger partial charge in [0.05, 0.1) is 23.8 Å². The number of alkyl carbamates (subject to hydrolysis) is 1. The summed E-state index contributed by atoms with van der Waals surface area (Å²) in [6.07, 6.45) is 4.70. The zero-order chi connectivity index (χ0) is 27.3. The highest BCUT2D eigenvalue weighted by Gasteiger charge is 2.34. The quantitative estimate of drug-likeness (QED) is 0.392. The van der Waals surface area contributed by atoms with Crippen molar-refractivity contribution < 1.29 is 23.4 Å². The molecule has 1 N–H and O–H groups in total. The van der Waals surface area contributed by atoms with Gasteiger partial charge in [0.25, 0.3) is 0 Å². The molecule has 2 aliphatic rings. The number of anilines is 1. The maximum absolute atomic E-state index is 12.0. The van der Waals surface area contributed by atoms with Gasteiger partial charge in [-0.25, -0.2) is 19.3 Å². The molecule has 11 heteroatoms. The third-order valence-corrected chi connectivity index (χ3v) is 6.84. The van der Waals surface area contributed by atoms with Gasteiger partial charge in [-0.3, -0.25) is 0 Å². The van der Waals surface area contributed by atoms with E-state index in [2.05, 4.69) is 39.1 Å². The lowest BCUT2D eigenvalue weighted by atomic mass is 9.89. The molecule has 4 aromatic heterocycles. The van der Waals surface area contributed by atoms with Crippen molar-refractivity contribution in [1.29, 1.82) is 0 Å². The van der Waals surface area contributed by atoms with Gasteiger partial charge >= 0.3 is 6.09 Å². The van der Waals surface area contributed by atoms with E-state index in [4.69, 9.17) is 18.6 Å². The molecule has 2 atom stereocenters. The van der Waals surface area contributed by atoms with Gasteiger partial charge in [-0.1, -0.05) is 0 Å². The van der Waals surface area contributed by atoms with E-state index < -0.39 is 11.7 Å². The molecular formula is C28H34N6O5. The lowest BCUT2D eigenvalue weighted by Crippen LogP contribution is -2.50. The van der Waals surface area contributed by atoms with Crippen LogP contribution >= 0.6 is 0 Å². The van der Waals surface area contributed by atoms with Crippen molar-refractivity contribution in [3.63, 3.8) is 0 Å². The summed E-state index contributed by atoms with van der Waals surface area (Å²) in [5.41, 5.74) is 1.63. The zero-order valence-corrected chi connectivity index (χ0v) is 22.9. The first-order valence-corrected chi connectivity index (χ1v) is 13.4. The molecule has 0 radical (unpaired) electrons. The van der Waals surface area contributed by atoms with Crippen LogP contribution in [0.25, 0.3) is 28.1 Å². The van der Waals surface area contributed by atoms with E-state index in [9.17, 15) is 4.79 Å². The van der Waals surface area contributed by atoms with Gasteiger partial charge in [-0.05, 0) is 52.8 Å². The van der Waals surface area contributed by atoms with Crippen LogP contribution in [0.15, 0.2) is 41.1 Å². The van der Waals surface area contributed by atoms with Crippen molar-refractivity contribution >= 4 is 28.5 Å². The number of rotatable bonds is 5. The molecule has 1 aliphatic carbocycles. The summed E-state index contributed by atoms with van der Waals surface area (Å²) in [4.78, 5) is 23.4. The summed E-state index contributed by atoms with van der Waals surface area (Å²) in [5.74, 6) is 2.02. The van der Waals surface area contributed by atoms with Crippen LogP contribution in [0.2, 0.25) is 0 Å². The van der Waals surface area contributed by atoms with Gasteiger partial charge in [0, 0.05) is 44.2 Å². The maximum Gasteiger partial charge on any atom is 0.407 e. The molecular weight excluding hydrogens is 500 g/mol. The summed E-state index contributed by atoms with van der Waals surface area (Å²) < 4.78 is 25.3.